The average Bonchev–Trinajstić information content (AvgIpc) is 2.25. The SMILES string of the molecule is COc1cc(C)cc(C)c1C(N)C(=O)N(C)N. The lowest BCUT2D eigenvalue weighted by molar-refractivity contribution is -0.131. The van der Waals surface area contributed by atoms with Gasteiger partial charge in [-0.3, -0.25) is 9.80 Å². The quantitative estimate of drug-likeness (QED) is 0.459. The standard InChI is InChI=1S/C12H19N3O2/c1-7-5-8(2)10(9(6-7)17-4)11(13)12(16)15(3)14/h5-6,11H,13-14H2,1-4H3. The molecule has 0 radical (unpaired) electrons. The maximum absolute atomic E-state index is 11.8. The highest BCUT2D eigenvalue weighted by atomic mass is 16.5. The summed E-state index contributed by atoms with van der Waals surface area (Å²) in [6.45, 7) is 3.86. The molecule has 0 aromatic heterocycles. The van der Waals surface area contributed by atoms with E-state index in [-0.39, 0.29) is 5.91 Å². The van der Waals surface area contributed by atoms with Gasteiger partial charge in [0, 0.05) is 12.6 Å². The van der Waals surface area contributed by atoms with Gasteiger partial charge >= 0.3 is 0 Å². The summed E-state index contributed by atoms with van der Waals surface area (Å²) in [7, 11) is 3.03. The topological polar surface area (TPSA) is 81.6 Å². The molecule has 1 unspecified atom stereocenters. The van der Waals surface area contributed by atoms with E-state index in [0.717, 1.165) is 16.1 Å². The van der Waals surface area contributed by atoms with Crippen LogP contribution in [0.25, 0.3) is 0 Å². The van der Waals surface area contributed by atoms with Crippen LogP contribution in [0.3, 0.4) is 0 Å². The van der Waals surface area contributed by atoms with E-state index in [9.17, 15) is 4.79 Å². The van der Waals surface area contributed by atoms with Crippen LogP contribution in [-0.2, 0) is 4.79 Å². The third kappa shape index (κ3) is 2.75. The number of likely N-dealkylation sites (N-methyl/N-ethyl adjacent to an activating group) is 1. The number of hydrazine groups is 1. The molecule has 1 amide bonds. The highest BCUT2D eigenvalue weighted by Crippen LogP contribution is 2.29. The summed E-state index contributed by atoms with van der Waals surface area (Å²) in [4.78, 5) is 11.8. The molecule has 5 nitrogen and oxygen atoms in total. The minimum atomic E-state index is -0.805. The van der Waals surface area contributed by atoms with Crippen molar-refractivity contribution < 1.29 is 9.53 Å². The number of aryl methyl sites for hydroxylation is 2. The fourth-order valence-electron chi connectivity index (χ4n) is 1.85. The van der Waals surface area contributed by atoms with E-state index >= 15 is 0 Å². The van der Waals surface area contributed by atoms with Crippen LogP contribution in [0, 0.1) is 13.8 Å². The molecule has 0 aliphatic carbocycles. The van der Waals surface area contributed by atoms with Crippen LogP contribution >= 0.6 is 0 Å². The predicted octanol–water partition coefficient (Wildman–Crippen LogP) is 0.644. The number of nitrogens with zero attached hydrogens (tertiary/aromatic N) is 1. The number of benzene rings is 1. The highest BCUT2D eigenvalue weighted by molar-refractivity contribution is 5.83. The smallest absolute Gasteiger partial charge is 0.257 e. The summed E-state index contributed by atoms with van der Waals surface area (Å²) in [5.41, 5.74) is 8.58. The molecule has 0 spiro atoms. The van der Waals surface area contributed by atoms with E-state index in [1.807, 2.05) is 26.0 Å². The number of carbonyl (C=O) groups is 1. The van der Waals surface area contributed by atoms with Crippen LogP contribution in [0.15, 0.2) is 12.1 Å². The Kier molecular flexibility index (Phi) is 4.09. The van der Waals surface area contributed by atoms with Gasteiger partial charge in [-0.25, -0.2) is 5.84 Å². The van der Waals surface area contributed by atoms with E-state index in [0.29, 0.717) is 11.3 Å². The van der Waals surface area contributed by atoms with E-state index in [4.69, 9.17) is 16.3 Å². The summed E-state index contributed by atoms with van der Waals surface area (Å²) in [5, 5.41) is 0.989. The molecule has 1 rings (SSSR count). The number of hydrogen-bond acceptors (Lipinski definition) is 4. The van der Waals surface area contributed by atoms with E-state index < -0.39 is 6.04 Å². The van der Waals surface area contributed by atoms with Gasteiger partial charge in [0.2, 0.25) is 0 Å². The normalized spacial score (nSPS) is 12.1. The monoisotopic (exact) mass is 237 g/mol. The summed E-state index contributed by atoms with van der Waals surface area (Å²) in [6, 6.07) is 3.01. The zero-order valence-electron chi connectivity index (χ0n) is 10.7. The summed E-state index contributed by atoms with van der Waals surface area (Å²) in [6.07, 6.45) is 0. The molecule has 0 fully saturated rings. The Morgan fingerprint density at radius 3 is 2.47 bits per heavy atom. The van der Waals surface area contributed by atoms with Gasteiger partial charge in [0.25, 0.3) is 5.91 Å². The zero-order valence-corrected chi connectivity index (χ0v) is 10.7. The van der Waals surface area contributed by atoms with Crippen molar-refractivity contribution in [1.82, 2.24) is 5.01 Å². The minimum Gasteiger partial charge on any atom is -0.496 e. The van der Waals surface area contributed by atoms with Crippen molar-refractivity contribution in [3.63, 3.8) is 0 Å². The van der Waals surface area contributed by atoms with Crippen molar-refractivity contribution in [3.05, 3.63) is 28.8 Å². The lowest BCUT2D eigenvalue weighted by Crippen LogP contribution is -2.40. The molecule has 1 aromatic rings. The number of rotatable bonds is 3. The van der Waals surface area contributed by atoms with Gasteiger partial charge in [-0.05, 0) is 31.0 Å². The van der Waals surface area contributed by atoms with E-state index in [1.54, 1.807) is 7.11 Å². The zero-order chi connectivity index (χ0) is 13.2. The Morgan fingerprint density at radius 1 is 1.41 bits per heavy atom. The first kappa shape index (κ1) is 13.5. The third-order valence-electron chi connectivity index (χ3n) is 2.64. The molecule has 0 bridgehead atoms. The van der Waals surface area contributed by atoms with Crippen LogP contribution in [0.4, 0.5) is 0 Å². The molecule has 0 saturated carbocycles. The number of amides is 1. The Morgan fingerprint density at radius 2 is 2.00 bits per heavy atom. The summed E-state index contributed by atoms with van der Waals surface area (Å²) in [5.74, 6) is 5.67. The second kappa shape index (κ2) is 5.16. The van der Waals surface area contributed by atoms with Crippen molar-refractivity contribution in [1.29, 1.82) is 0 Å². The van der Waals surface area contributed by atoms with Gasteiger partial charge in [-0.1, -0.05) is 6.07 Å². The fourth-order valence-corrected chi connectivity index (χ4v) is 1.85. The lowest BCUT2D eigenvalue weighted by atomic mass is 9.97. The molecule has 1 atom stereocenters. The lowest BCUT2D eigenvalue weighted by Gasteiger charge is -2.21. The molecule has 94 valence electrons. The van der Waals surface area contributed by atoms with Crippen molar-refractivity contribution in [2.24, 2.45) is 11.6 Å². The Hall–Kier alpha value is -1.59. The highest BCUT2D eigenvalue weighted by Gasteiger charge is 2.23. The van der Waals surface area contributed by atoms with Crippen LogP contribution in [0.2, 0.25) is 0 Å². The largest absolute Gasteiger partial charge is 0.496 e. The predicted molar refractivity (Wildman–Crippen MR) is 66.4 cm³/mol. The van der Waals surface area contributed by atoms with Crippen molar-refractivity contribution >= 4 is 5.91 Å². The van der Waals surface area contributed by atoms with Gasteiger partial charge in [0.15, 0.2) is 0 Å². The van der Waals surface area contributed by atoms with Gasteiger partial charge in [-0.2, -0.15) is 0 Å². The van der Waals surface area contributed by atoms with Gasteiger partial charge in [-0.15, -0.1) is 0 Å². The van der Waals surface area contributed by atoms with E-state index in [1.165, 1.54) is 7.05 Å². The first-order chi connectivity index (χ1) is 7.88. The molecule has 1 aromatic carbocycles. The first-order valence-corrected chi connectivity index (χ1v) is 5.31. The maximum atomic E-state index is 11.8. The number of nitrogens with two attached hydrogens (primary N) is 2. The first-order valence-electron chi connectivity index (χ1n) is 5.31. The Bertz CT molecular complexity index is 430. The molecule has 5 heteroatoms. The van der Waals surface area contributed by atoms with Crippen LogP contribution < -0.4 is 16.3 Å². The van der Waals surface area contributed by atoms with Crippen molar-refractivity contribution in [3.8, 4) is 5.75 Å². The molecule has 0 heterocycles. The average molecular weight is 237 g/mol. The summed E-state index contributed by atoms with van der Waals surface area (Å²) < 4.78 is 5.27. The summed E-state index contributed by atoms with van der Waals surface area (Å²) >= 11 is 0. The van der Waals surface area contributed by atoms with Crippen LogP contribution in [0.5, 0.6) is 5.75 Å². The van der Waals surface area contributed by atoms with Gasteiger partial charge in [0.1, 0.15) is 11.8 Å². The molecular formula is C12H19N3O2. The number of hydrogen-bond donors (Lipinski definition) is 2. The second-order valence-corrected chi connectivity index (χ2v) is 4.12. The van der Waals surface area contributed by atoms with Crippen molar-refractivity contribution in [2.75, 3.05) is 14.2 Å². The van der Waals surface area contributed by atoms with Gasteiger partial charge in [0.05, 0.1) is 7.11 Å². The third-order valence-corrected chi connectivity index (χ3v) is 2.64. The maximum Gasteiger partial charge on any atom is 0.257 e. The molecule has 17 heavy (non-hydrogen) atoms. The van der Waals surface area contributed by atoms with Crippen LogP contribution in [0.1, 0.15) is 22.7 Å². The fraction of sp³-hybridized carbons (Fsp3) is 0.417. The number of carbonyl (C=O) groups excluding carboxylic acids is 1. The Balaban J connectivity index is 3.25. The van der Waals surface area contributed by atoms with Gasteiger partial charge < -0.3 is 10.5 Å². The number of methoxy groups -OCH3 is 1. The molecule has 0 aliphatic heterocycles. The minimum absolute atomic E-state index is 0.352. The second-order valence-electron chi connectivity index (χ2n) is 4.12. The van der Waals surface area contributed by atoms with E-state index in [2.05, 4.69) is 0 Å². The Labute approximate surface area is 101 Å². The molecule has 0 aliphatic rings. The van der Waals surface area contributed by atoms with Crippen LogP contribution in [-0.4, -0.2) is 25.1 Å². The number of ether oxygens (including phenoxy) is 1. The molecule has 0 saturated heterocycles. The molecular weight excluding hydrogens is 218 g/mol. The van der Waals surface area contributed by atoms with Crippen molar-refractivity contribution in [2.45, 2.75) is 19.9 Å². The molecule has 4 N–H and O–H groups in total.